The maximum absolute atomic E-state index is 6.27. The van der Waals surface area contributed by atoms with E-state index in [4.69, 9.17) is 5.73 Å². The lowest BCUT2D eigenvalue weighted by Gasteiger charge is -2.12. The molecule has 0 saturated carbocycles. The van der Waals surface area contributed by atoms with E-state index < -0.39 is 0 Å². The first-order chi connectivity index (χ1) is 9.74. The van der Waals surface area contributed by atoms with Crippen LogP contribution in [0.1, 0.15) is 23.3 Å². The van der Waals surface area contributed by atoms with Crippen LogP contribution in [-0.4, -0.2) is 14.6 Å². The second kappa shape index (κ2) is 4.56. The molecule has 6 heteroatoms. The van der Waals surface area contributed by atoms with E-state index >= 15 is 0 Å². The molecule has 0 fully saturated rings. The smallest absolute Gasteiger partial charge is 0.171 e. The maximum atomic E-state index is 6.27. The molecule has 1 aliphatic rings. The molecular formula is C14H13BrN4S. The number of aromatic nitrogens is 3. The number of nitrogens with zero attached hydrogens (tertiary/aromatic N) is 3. The van der Waals surface area contributed by atoms with Gasteiger partial charge in [0.1, 0.15) is 0 Å². The van der Waals surface area contributed by atoms with Crippen LogP contribution in [0.3, 0.4) is 0 Å². The van der Waals surface area contributed by atoms with Crippen LogP contribution in [0.5, 0.6) is 0 Å². The van der Waals surface area contributed by atoms with Crippen molar-refractivity contribution in [3.05, 3.63) is 33.2 Å². The Bertz CT molecular complexity index is 805. The Labute approximate surface area is 128 Å². The zero-order valence-corrected chi connectivity index (χ0v) is 13.2. The van der Waals surface area contributed by atoms with E-state index in [0.717, 1.165) is 39.4 Å². The summed E-state index contributed by atoms with van der Waals surface area (Å²) in [5, 5.41) is 9.48. The molecule has 20 heavy (non-hydrogen) atoms. The Morgan fingerprint density at radius 1 is 1.20 bits per heavy atom. The van der Waals surface area contributed by atoms with Gasteiger partial charge in [0.2, 0.25) is 0 Å². The molecule has 0 radical (unpaired) electrons. The van der Waals surface area contributed by atoms with E-state index in [1.807, 2.05) is 22.7 Å². The van der Waals surface area contributed by atoms with E-state index in [9.17, 15) is 0 Å². The zero-order valence-electron chi connectivity index (χ0n) is 10.8. The highest BCUT2D eigenvalue weighted by molar-refractivity contribution is 9.10. The van der Waals surface area contributed by atoms with Crippen LogP contribution in [0.15, 0.2) is 22.8 Å². The van der Waals surface area contributed by atoms with Crippen molar-refractivity contribution in [1.82, 2.24) is 14.6 Å². The van der Waals surface area contributed by atoms with Crippen molar-refractivity contribution in [2.75, 3.05) is 5.73 Å². The van der Waals surface area contributed by atoms with Crippen molar-refractivity contribution in [2.45, 2.75) is 25.7 Å². The van der Waals surface area contributed by atoms with E-state index in [0.29, 0.717) is 0 Å². The lowest BCUT2D eigenvalue weighted by Crippen LogP contribution is -2.01. The Hall–Kier alpha value is -1.40. The minimum absolute atomic E-state index is 0.846. The predicted octanol–water partition coefficient (Wildman–Crippen LogP) is 3.68. The van der Waals surface area contributed by atoms with Gasteiger partial charge in [-0.1, -0.05) is 0 Å². The molecule has 1 aliphatic carbocycles. The van der Waals surface area contributed by atoms with Crippen molar-refractivity contribution < 1.29 is 0 Å². The Morgan fingerprint density at radius 2 is 2.05 bits per heavy atom. The molecule has 102 valence electrons. The molecule has 3 aromatic heterocycles. The fourth-order valence-corrected chi connectivity index (χ4v) is 4.36. The van der Waals surface area contributed by atoms with Crippen molar-refractivity contribution in [3.8, 4) is 11.4 Å². The predicted molar refractivity (Wildman–Crippen MR) is 85.1 cm³/mol. The average molecular weight is 349 g/mol. The van der Waals surface area contributed by atoms with Gasteiger partial charge in [0.15, 0.2) is 11.5 Å². The van der Waals surface area contributed by atoms with Crippen molar-refractivity contribution in [1.29, 1.82) is 0 Å². The molecule has 0 aromatic carbocycles. The van der Waals surface area contributed by atoms with Crippen LogP contribution >= 0.6 is 27.3 Å². The van der Waals surface area contributed by atoms with E-state index in [1.165, 1.54) is 23.3 Å². The first kappa shape index (κ1) is 12.3. The lowest BCUT2D eigenvalue weighted by molar-refractivity contribution is 0.697. The topological polar surface area (TPSA) is 56.2 Å². The van der Waals surface area contributed by atoms with Gasteiger partial charge in [0.25, 0.3) is 0 Å². The van der Waals surface area contributed by atoms with Gasteiger partial charge in [-0.15, -0.1) is 21.5 Å². The quantitative estimate of drug-likeness (QED) is 0.729. The number of hydrogen-bond donors (Lipinski definition) is 1. The summed E-state index contributed by atoms with van der Waals surface area (Å²) in [4.78, 5) is 1.43. The zero-order chi connectivity index (χ0) is 13.7. The fraction of sp³-hybridized carbons (Fsp3) is 0.286. The number of fused-ring (bicyclic) bond motifs is 2. The van der Waals surface area contributed by atoms with Gasteiger partial charge < -0.3 is 5.73 Å². The highest BCUT2D eigenvalue weighted by atomic mass is 79.9. The number of rotatable bonds is 1. The highest BCUT2D eigenvalue weighted by Gasteiger charge is 2.23. The van der Waals surface area contributed by atoms with Crippen LogP contribution in [0.2, 0.25) is 0 Å². The van der Waals surface area contributed by atoms with E-state index in [-0.39, 0.29) is 0 Å². The molecule has 0 atom stereocenters. The number of nitrogen functional groups attached to an aromatic ring is 1. The summed E-state index contributed by atoms with van der Waals surface area (Å²) in [6.07, 6.45) is 6.73. The number of hydrogen-bond acceptors (Lipinski definition) is 4. The molecule has 0 amide bonds. The summed E-state index contributed by atoms with van der Waals surface area (Å²) in [5.74, 6) is 0.859. The second-order valence-electron chi connectivity index (χ2n) is 5.05. The monoisotopic (exact) mass is 348 g/mol. The van der Waals surface area contributed by atoms with Crippen molar-refractivity contribution in [2.24, 2.45) is 0 Å². The van der Waals surface area contributed by atoms with Crippen LogP contribution in [0.25, 0.3) is 17.0 Å². The van der Waals surface area contributed by atoms with Crippen LogP contribution < -0.4 is 5.73 Å². The molecule has 0 bridgehead atoms. The number of thiophene rings is 1. The molecule has 4 rings (SSSR count). The normalized spacial score (nSPS) is 14.7. The average Bonchev–Trinajstić information content (AvgIpc) is 2.98. The maximum Gasteiger partial charge on any atom is 0.171 e. The summed E-state index contributed by atoms with van der Waals surface area (Å²) in [6.45, 7) is 0. The third-order valence-corrected chi connectivity index (χ3v) is 5.38. The molecular weight excluding hydrogens is 336 g/mol. The summed E-state index contributed by atoms with van der Waals surface area (Å²) >= 11 is 5.22. The molecule has 0 spiro atoms. The van der Waals surface area contributed by atoms with Gasteiger partial charge in [-0.05, 0) is 59.3 Å². The standard InChI is InChI=1S/C14H13BrN4S/c15-8-5-6-11-17-18-14(19(11)7-8)12-9-3-1-2-4-10(9)20-13(12)16/h5-7H,1-4,16H2. The van der Waals surface area contributed by atoms with Crippen LogP contribution in [-0.2, 0) is 12.8 Å². The van der Waals surface area contributed by atoms with Gasteiger partial charge in [-0.25, -0.2) is 0 Å². The van der Waals surface area contributed by atoms with E-state index in [2.05, 4.69) is 26.1 Å². The Kier molecular flexibility index (Phi) is 2.82. The van der Waals surface area contributed by atoms with Gasteiger partial charge in [0.05, 0.1) is 10.6 Å². The number of nitrogens with two attached hydrogens (primary N) is 1. The number of halogens is 1. The highest BCUT2D eigenvalue weighted by Crippen LogP contribution is 2.41. The first-order valence-corrected chi connectivity index (χ1v) is 8.25. The van der Waals surface area contributed by atoms with Gasteiger partial charge in [-0.2, -0.15) is 0 Å². The molecule has 0 unspecified atom stereocenters. The minimum atomic E-state index is 0.846. The fourth-order valence-electron chi connectivity index (χ4n) is 2.87. The molecule has 2 N–H and O–H groups in total. The third kappa shape index (κ3) is 1.78. The Morgan fingerprint density at radius 3 is 2.95 bits per heavy atom. The molecule has 3 aromatic rings. The molecule has 0 saturated heterocycles. The number of pyridine rings is 1. The minimum Gasteiger partial charge on any atom is -0.390 e. The third-order valence-electron chi connectivity index (χ3n) is 3.79. The van der Waals surface area contributed by atoms with Crippen LogP contribution in [0.4, 0.5) is 5.00 Å². The second-order valence-corrected chi connectivity index (χ2v) is 7.10. The summed E-state index contributed by atoms with van der Waals surface area (Å²) in [5.41, 5.74) is 9.59. The first-order valence-electron chi connectivity index (χ1n) is 6.64. The van der Waals surface area contributed by atoms with Crippen LogP contribution in [0, 0.1) is 0 Å². The number of anilines is 1. The lowest BCUT2D eigenvalue weighted by atomic mass is 9.95. The van der Waals surface area contributed by atoms with Gasteiger partial charge in [-0.3, -0.25) is 4.40 Å². The van der Waals surface area contributed by atoms with Gasteiger partial charge >= 0.3 is 0 Å². The molecule has 3 heterocycles. The Balaban J connectivity index is 1.99. The molecule has 0 aliphatic heterocycles. The van der Waals surface area contributed by atoms with Crippen molar-refractivity contribution >= 4 is 37.9 Å². The van der Waals surface area contributed by atoms with Gasteiger partial charge in [0, 0.05) is 15.5 Å². The number of aryl methyl sites for hydroxylation is 1. The SMILES string of the molecule is Nc1sc2c(c1-c1nnc3ccc(Br)cn13)CCCC2. The van der Waals surface area contributed by atoms with Crippen molar-refractivity contribution in [3.63, 3.8) is 0 Å². The summed E-state index contributed by atoms with van der Waals surface area (Å²) in [7, 11) is 0. The molecule has 4 nitrogen and oxygen atoms in total. The van der Waals surface area contributed by atoms with E-state index in [1.54, 1.807) is 11.3 Å². The summed E-state index contributed by atoms with van der Waals surface area (Å²) < 4.78 is 3.02. The largest absolute Gasteiger partial charge is 0.390 e. The summed E-state index contributed by atoms with van der Waals surface area (Å²) in [6, 6.07) is 3.93.